The number of urea groups is 1. The van der Waals surface area contributed by atoms with E-state index in [0.717, 1.165) is 11.6 Å². The second kappa shape index (κ2) is 8.41. The van der Waals surface area contributed by atoms with Gasteiger partial charge in [-0.05, 0) is 56.8 Å². The normalized spacial score (nSPS) is 23.7. The van der Waals surface area contributed by atoms with Gasteiger partial charge in [-0.25, -0.2) is 4.79 Å². The molecule has 2 aliphatic heterocycles. The number of imide groups is 1. The van der Waals surface area contributed by atoms with E-state index in [0.29, 0.717) is 44.5 Å². The average Bonchev–Trinajstić information content (AvgIpc) is 2.93. The molecule has 3 amide bonds. The molecule has 0 aromatic heterocycles. The van der Waals surface area contributed by atoms with E-state index in [9.17, 15) is 22.8 Å². The number of halogens is 3. The summed E-state index contributed by atoms with van der Waals surface area (Å²) in [5.41, 5.74) is -0.196. The number of likely N-dealkylation sites (tertiary alicyclic amines) is 1. The van der Waals surface area contributed by atoms with Crippen LogP contribution >= 0.6 is 0 Å². The summed E-state index contributed by atoms with van der Waals surface area (Å²) in [4.78, 5) is 28.8. The fourth-order valence-electron chi connectivity index (χ4n) is 4.55. The van der Waals surface area contributed by atoms with Gasteiger partial charge in [0.15, 0.2) is 0 Å². The first-order valence-corrected chi connectivity index (χ1v) is 10.2. The highest BCUT2D eigenvalue weighted by molar-refractivity contribution is 6.07. The molecule has 1 aromatic rings. The van der Waals surface area contributed by atoms with Gasteiger partial charge >= 0.3 is 12.2 Å². The molecule has 3 rings (SSSR count). The van der Waals surface area contributed by atoms with Gasteiger partial charge in [0.1, 0.15) is 5.54 Å². The molecular formula is C22H28F3N3O2. The van der Waals surface area contributed by atoms with Crippen LogP contribution in [0.4, 0.5) is 18.0 Å². The van der Waals surface area contributed by atoms with Crippen LogP contribution in [-0.4, -0.2) is 46.9 Å². The van der Waals surface area contributed by atoms with Gasteiger partial charge in [0.05, 0.1) is 12.1 Å². The largest absolute Gasteiger partial charge is 0.416 e. The van der Waals surface area contributed by atoms with Gasteiger partial charge in [-0.15, -0.1) is 0 Å². The minimum absolute atomic E-state index is 0.00756. The fraction of sp³-hybridized carbons (Fsp3) is 0.545. The molecule has 0 bridgehead atoms. The standard InChI is InChI=1S/C22H28F3N3O2/c1-4-21(19(29)28(13-15(2)3)20(30)26-21)17-8-10-27(11-9-17)14-16-6-5-7-18(12-16)22(23,24)25/h5-7,12,17H,2,4,8-11,13-14H2,1,3H3,(H,26,30)/t21-/m0/s1. The highest BCUT2D eigenvalue weighted by atomic mass is 19.4. The maximum Gasteiger partial charge on any atom is 0.416 e. The fourth-order valence-corrected chi connectivity index (χ4v) is 4.55. The lowest BCUT2D eigenvalue weighted by molar-refractivity contribution is -0.137. The number of carbonyl (C=O) groups is 2. The van der Waals surface area contributed by atoms with Gasteiger partial charge < -0.3 is 5.32 Å². The Balaban J connectivity index is 1.65. The first-order valence-electron chi connectivity index (χ1n) is 10.2. The van der Waals surface area contributed by atoms with Crippen molar-refractivity contribution >= 4 is 11.9 Å². The van der Waals surface area contributed by atoms with Crippen molar-refractivity contribution < 1.29 is 22.8 Å². The Morgan fingerprint density at radius 3 is 2.50 bits per heavy atom. The van der Waals surface area contributed by atoms with Gasteiger partial charge in [-0.1, -0.05) is 37.3 Å². The van der Waals surface area contributed by atoms with Gasteiger partial charge in [0, 0.05) is 6.54 Å². The summed E-state index contributed by atoms with van der Waals surface area (Å²) in [5.74, 6) is -0.207. The zero-order chi connectivity index (χ0) is 22.1. The highest BCUT2D eigenvalue weighted by Crippen LogP contribution is 2.37. The molecule has 30 heavy (non-hydrogen) atoms. The summed E-state index contributed by atoms with van der Waals surface area (Å²) in [5, 5.41) is 2.93. The van der Waals surface area contributed by atoms with E-state index in [1.165, 1.54) is 17.0 Å². The Morgan fingerprint density at radius 2 is 1.93 bits per heavy atom. The Morgan fingerprint density at radius 1 is 1.27 bits per heavy atom. The monoisotopic (exact) mass is 423 g/mol. The molecule has 1 aromatic carbocycles. The maximum absolute atomic E-state index is 13.1. The Bertz CT molecular complexity index is 831. The van der Waals surface area contributed by atoms with Crippen LogP contribution in [-0.2, 0) is 17.5 Å². The molecule has 2 aliphatic rings. The molecule has 1 N–H and O–H groups in total. The molecule has 2 heterocycles. The third-order valence-corrected chi connectivity index (χ3v) is 6.13. The van der Waals surface area contributed by atoms with Gasteiger partial charge in [0.2, 0.25) is 0 Å². The van der Waals surface area contributed by atoms with Crippen LogP contribution in [0.2, 0.25) is 0 Å². The predicted octanol–water partition coefficient (Wildman–Crippen LogP) is 4.19. The van der Waals surface area contributed by atoms with E-state index >= 15 is 0 Å². The average molecular weight is 423 g/mol. The van der Waals surface area contributed by atoms with Crippen LogP contribution < -0.4 is 5.32 Å². The lowest BCUT2D eigenvalue weighted by Gasteiger charge is -2.40. The summed E-state index contributed by atoms with van der Waals surface area (Å²) in [6.07, 6.45) is -2.46. The molecule has 2 saturated heterocycles. The first-order chi connectivity index (χ1) is 14.1. The van der Waals surface area contributed by atoms with Crippen molar-refractivity contribution in [3.8, 4) is 0 Å². The number of hydrogen-bond donors (Lipinski definition) is 1. The lowest BCUT2D eigenvalue weighted by Crippen LogP contribution is -2.55. The van der Waals surface area contributed by atoms with Crippen LogP contribution in [0.15, 0.2) is 36.4 Å². The Kier molecular flexibility index (Phi) is 6.26. The van der Waals surface area contributed by atoms with Crippen molar-refractivity contribution in [1.82, 2.24) is 15.1 Å². The number of hydrogen-bond acceptors (Lipinski definition) is 3. The summed E-state index contributed by atoms with van der Waals surface area (Å²) >= 11 is 0. The molecule has 5 nitrogen and oxygen atoms in total. The Hall–Kier alpha value is -2.35. The number of nitrogens with one attached hydrogen (secondary N) is 1. The van der Waals surface area contributed by atoms with Crippen LogP contribution in [0.3, 0.4) is 0 Å². The molecule has 0 radical (unpaired) electrons. The zero-order valence-electron chi connectivity index (χ0n) is 17.4. The quantitative estimate of drug-likeness (QED) is 0.551. The van der Waals surface area contributed by atoms with Crippen molar-refractivity contribution in [3.63, 3.8) is 0 Å². The van der Waals surface area contributed by atoms with Crippen molar-refractivity contribution in [3.05, 3.63) is 47.5 Å². The van der Waals surface area contributed by atoms with Gasteiger partial charge in [-0.2, -0.15) is 13.2 Å². The number of amides is 3. The van der Waals surface area contributed by atoms with Crippen LogP contribution in [0, 0.1) is 5.92 Å². The van der Waals surface area contributed by atoms with E-state index in [1.807, 2.05) is 6.92 Å². The predicted molar refractivity (Wildman–Crippen MR) is 108 cm³/mol. The first kappa shape index (κ1) is 22.3. The molecule has 8 heteroatoms. The third-order valence-electron chi connectivity index (χ3n) is 6.13. The van der Waals surface area contributed by atoms with E-state index in [1.54, 1.807) is 13.0 Å². The number of rotatable bonds is 6. The zero-order valence-corrected chi connectivity index (χ0v) is 17.4. The van der Waals surface area contributed by atoms with E-state index in [4.69, 9.17) is 0 Å². The minimum atomic E-state index is -4.35. The number of carbonyl (C=O) groups excluding carboxylic acids is 2. The highest BCUT2D eigenvalue weighted by Gasteiger charge is 2.54. The number of piperidine rings is 1. The van der Waals surface area contributed by atoms with E-state index < -0.39 is 17.3 Å². The molecule has 2 fully saturated rings. The molecule has 164 valence electrons. The number of alkyl halides is 3. The van der Waals surface area contributed by atoms with Gasteiger partial charge in [-0.3, -0.25) is 14.6 Å². The van der Waals surface area contributed by atoms with Gasteiger partial charge in [0.25, 0.3) is 5.91 Å². The number of benzene rings is 1. The lowest BCUT2D eigenvalue weighted by atomic mass is 9.75. The topological polar surface area (TPSA) is 52.7 Å². The molecule has 0 saturated carbocycles. The third kappa shape index (κ3) is 4.38. The van der Waals surface area contributed by atoms with Crippen LogP contribution in [0.5, 0.6) is 0 Å². The van der Waals surface area contributed by atoms with E-state index in [2.05, 4.69) is 16.8 Å². The van der Waals surface area contributed by atoms with E-state index in [-0.39, 0.29) is 24.4 Å². The molecule has 1 atom stereocenters. The second-order valence-electron chi connectivity index (χ2n) is 8.35. The van der Waals surface area contributed by atoms with Crippen molar-refractivity contribution in [1.29, 1.82) is 0 Å². The smallest absolute Gasteiger partial charge is 0.323 e. The molecule has 0 aliphatic carbocycles. The second-order valence-corrected chi connectivity index (χ2v) is 8.35. The molecular weight excluding hydrogens is 395 g/mol. The van der Waals surface area contributed by atoms with Crippen molar-refractivity contribution in [2.45, 2.75) is 51.4 Å². The minimum Gasteiger partial charge on any atom is -0.323 e. The maximum atomic E-state index is 13.1. The summed E-state index contributed by atoms with van der Waals surface area (Å²) in [6, 6.07) is 5.02. The van der Waals surface area contributed by atoms with Crippen molar-refractivity contribution in [2.24, 2.45) is 5.92 Å². The molecule has 0 spiro atoms. The molecule has 0 unspecified atom stereocenters. The summed E-state index contributed by atoms with van der Waals surface area (Å²) < 4.78 is 38.8. The Labute approximate surface area is 174 Å². The van der Waals surface area contributed by atoms with Crippen LogP contribution in [0.25, 0.3) is 0 Å². The number of nitrogens with zero attached hydrogens (tertiary/aromatic N) is 2. The van der Waals surface area contributed by atoms with Crippen LogP contribution in [0.1, 0.15) is 44.2 Å². The summed E-state index contributed by atoms with van der Waals surface area (Å²) in [7, 11) is 0. The summed E-state index contributed by atoms with van der Waals surface area (Å²) in [6.45, 7) is 9.43. The van der Waals surface area contributed by atoms with Crippen molar-refractivity contribution in [2.75, 3.05) is 19.6 Å². The SMILES string of the molecule is C=C(C)CN1C(=O)N[C@@](CC)(C2CCN(Cc3cccc(C(F)(F)F)c3)CC2)C1=O.